The van der Waals surface area contributed by atoms with Gasteiger partial charge in [0.1, 0.15) is 0 Å². The molecular weight excluding hydrogens is 360 g/mol. The molecule has 4 rings (SSSR count). The summed E-state index contributed by atoms with van der Waals surface area (Å²) < 4.78 is 0. The summed E-state index contributed by atoms with van der Waals surface area (Å²) in [5.41, 5.74) is 7.13. The van der Waals surface area contributed by atoms with Crippen LogP contribution in [0.15, 0.2) is 133 Å². The SMILES string of the molecule is C(=C(/C=C/C(=C/c1ccccc1)c1ccccc1)c1ccccc1)\c1ccccc1. The Balaban J connectivity index is 1.76. The molecule has 0 saturated carbocycles. The van der Waals surface area contributed by atoms with E-state index in [0.717, 1.165) is 0 Å². The average molecular weight is 385 g/mol. The molecule has 0 N–H and O–H groups in total. The molecule has 0 aromatic heterocycles. The normalized spacial score (nSPS) is 12.3. The predicted octanol–water partition coefficient (Wildman–Crippen LogP) is 8.02. The molecule has 0 unspecified atom stereocenters. The van der Waals surface area contributed by atoms with E-state index >= 15 is 0 Å². The van der Waals surface area contributed by atoms with Crippen molar-refractivity contribution in [2.24, 2.45) is 0 Å². The van der Waals surface area contributed by atoms with Crippen LogP contribution in [0.25, 0.3) is 23.3 Å². The maximum atomic E-state index is 2.23. The molecule has 0 fully saturated rings. The molecule has 0 saturated heterocycles. The molecule has 0 radical (unpaired) electrons. The molecule has 30 heavy (non-hydrogen) atoms. The zero-order chi connectivity index (χ0) is 20.4. The summed E-state index contributed by atoms with van der Waals surface area (Å²) in [5, 5.41) is 0. The fraction of sp³-hybridized carbons (Fsp3) is 0. The van der Waals surface area contributed by atoms with E-state index in [2.05, 4.69) is 133 Å². The topological polar surface area (TPSA) is 0 Å². The molecule has 0 aliphatic carbocycles. The highest BCUT2D eigenvalue weighted by molar-refractivity contribution is 5.93. The summed E-state index contributed by atoms with van der Waals surface area (Å²) in [7, 11) is 0. The first-order valence-corrected chi connectivity index (χ1v) is 10.2. The molecule has 0 atom stereocenters. The lowest BCUT2D eigenvalue weighted by Gasteiger charge is -2.07. The third-order valence-corrected chi connectivity index (χ3v) is 4.90. The van der Waals surface area contributed by atoms with Gasteiger partial charge < -0.3 is 0 Å². The van der Waals surface area contributed by atoms with E-state index in [0.29, 0.717) is 0 Å². The number of rotatable bonds is 6. The van der Waals surface area contributed by atoms with Gasteiger partial charge >= 0.3 is 0 Å². The molecule has 0 nitrogen and oxygen atoms in total. The Kier molecular flexibility index (Phi) is 6.50. The molecule has 0 heterocycles. The van der Waals surface area contributed by atoms with Gasteiger partial charge in [0.05, 0.1) is 0 Å². The fourth-order valence-electron chi connectivity index (χ4n) is 3.35. The van der Waals surface area contributed by atoms with Gasteiger partial charge in [-0.05, 0) is 45.6 Å². The zero-order valence-corrected chi connectivity index (χ0v) is 16.9. The highest BCUT2D eigenvalue weighted by atomic mass is 14.1. The first-order chi connectivity index (χ1) is 14.9. The van der Waals surface area contributed by atoms with Crippen molar-refractivity contribution in [3.8, 4) is 0 Å². The van der Waals surface area contributed by atoms with Crippen LogP contribution in [0.5, 0.6) is 0 Å². The Morgan fingerprint density at radius 2 is 0.667 bits per heavy atom. The maximum absolute atomic E-state index is 2.23. The lowest BCUT2D eigenvalue weighted by Crippen LogP contribution is -1.84. The van der Waals surface area contributed by atoms with Crippen LogP contribution in [-0.2, 0) is 0 Å². The summed E-state index contributed by atoms with van der Waals surface area (Å²) in [4.78, 5) is 0. The average Bonchev–Trinajstić information content (AvgIpc) is 2.83. The molecule has 0 spiro atoms. The number of hydrogen-bond donors (Lipinski definition) is 0. The Labute approximate surface area is 179 Å². The number of hydrogen-bond acceptors (Lipinski definition) is 0. The summed E-state index contributed by atoms with van der Waals surface area (Å²) in [6.45, 7) is 0. The van der Waals surface area contributed by atoms with Crippen molar-refractivity contribution in [1.29, 1.82) is 0 Å². The van der Waals surface area contributed by atoms with Gasteiger partial charge in [-0.2, -0.15) is 0 Å². The van der Waals surface area contributed by atoms with E-state index in [-0.39, 0.29) is 0 Å². The van der Waals surface area contributed by atoms with Gasteiger partial charge in [-0.1, -0.05) is 133 Å². The van der Waals surface area contributed by atoms with Crippen LogP contribution in [0.4, 0.5) is 0 Å². The maximum Gasteiger partial charge on any atom is -0.0178 e. The van der Waals surface area contributed by atoms with Crippen LogP contribution >= 0.6 is 0 Å². The second kappa shape index (κ2) is 10.0. The molecule has 0 heteroatoms. The minimum absolute atomic E-state index is 1.18. The lowest BCUT2D eigenvalue weighted by molar-refractivity contribution is 1.60. The largest absolute Gasteiger partial charge is 0.0622 e. The summed E-state index contributed by atoms with van der Waals surface area (Å²) in [5.74, 6) is 0. The van der Waals surface area contributed by atoms with Gasteiger partial charge in [0.15, 0.2) is 0 Å². The van der Waals surface area contributed by atoms with Crippen molar-refractivity contribution in [3.63, 3.8) is 0 Å². The van der Waals surface area contributed by atoms with Crippen LogP contribution in [0, 0.1) is 0 Å². The Bertz CT molecular complexity index is 1040. The fourth-order valence-corrected chi connectivity index (χ4v) is 3.35. The van der Waals surface area contributed by atoms with Gasteiger partial charge in [-0.25, -0.2) is 0 Å². The molecule has 0 aliphatic heterocycles. The predicted molar refractivity (Wildman–Crippen MR) is 131 cm³/mol. The summed E-state index contributed by atoms with van der Waals surface area (Å²) in [6, 6.07) is 42.0. The van der Waals surface area contributed by atoms with Crippen molar-refractivity contribution in [1.82, 2.24) is 0 Å². The first kappa shape index (κ1) is 19.4. The van der Waals surface area contributed by atoms with E-state index in [1.54, 1.807) is 0 Å². The quantitative estimate of drug-likeness (QED) is 0.233. The van der Waals surface area contributed by atoms with E-state index in [1.165, 1.54) is 33.4 Å². The minimum Gasteiger partial charge on any atom is -0.0622 e. The Morgan fingerprint density at radius 3 is 1.00 bits per heavy atom. The lowest BCUT2D eigenvalue weighted by atomic mass is 9.98. The van der Waals surface area contributed by atoms with Gasteiger partial charge in [-0.15, -0.1) is 0 Å². The highest BCUT2D eigenvalue weighted by Crippen LogP contribution is 2.24. The monoisotopic (exact) mass is 384 g/mol. The Morgan fingerprint density at radius 1 is 0.367 bits per heavy atom. The van der Waals surface area contributed by atoms with E-state index < -0.39 is 0 Å². The van der Waals surface area contributed by atoms with Crippen LogP contribution in [0.1, 0.15) is 22.3 Å². The Hall–Kier alpha value is -3.90. The van der Waals surface area contributed by atoms with Gasteiger partial charge in [0.25, 0.3) is 0 Å². The van der Waals surface area contributed by atoms with Gasteiger partial charge in [-0.3, -0.25) is 0 Å². The second-order valence-corrected chi connectivity index (χ2v) is 7.09. The number of allylic oxidation sites excluding steroid dienone is 4. The molecule has 0 bridgehead atoms. The van der Waals surface area contributed by atoms with Crippen LogP contribution < -0.4 is 0 Å². The van der Waals surface area contributed by atoms with Crippen molar-refractivity contribution in [2.75, 3.05) is 0 Å². The van der Waals surface area contributed by atoms with E-state index in [9.17, 15) is 0 Å². The molecular formula is C30H24. The molecule has 0 amide bonds. The van der Waals surface area contributed by atoms with Crippen molar-refractivity contribution >= 4 is 23.3 Å². The van der Waals surface area contributed by atoms with Crippen molar-refractivity contribution in [3.05, 3.63) is 156 Å². The van der Waals surface area contributed by atoms with Gasteiger partial charge in [0.2, 0.25) is 0 Å². The highest BCUT2D eigenvalue weighted by Gasteiger charge is 2.02. The van der Waals surface area contributed by atoms with Gasteiger partial charge in [0, 0.05) is 0 Å². The molecule has 4 aromatic carbocycles. The summed E-state index contributed by atoms with van der Waals surface area (Å²) >= 11 is 0. The van der Waals surface area contributed by atoms with Crippen molar-refractivity contribution in [2.45, 2.75) is 0 Å². The summed E-state index contributed by atoms with van der Waals surface area (Å²) in [6.07, 6.45) is 8.89. The number of benzene rings is 4. The third kappa shape index (κ3) is 5.33. The first-order valence-electron chi connectivity index (χ1n) is 10.2. The standard InChI is InChI=1S/C30H24/c1-5-13-25(14-6-1)23-29(27-17-9-3-10-18-27)21-22-30(28-19-11-4-12-20-28)24-26-15-7-2-8-16-26/h1-24H/b22-21+,29-23-,30-24-. The van der Waals surface area contributed by atoms with Crippen LogP contribution in [-0.4, -0.2) is 0 Å². The van der Waals surface area contributed by atoms with E-state index in [1.807, 2.05) is 12.1 Å². The van der Waals surface area contributed by atoms with Crippen LogP contribution in [0.3, 0.4) is 0 Å². The third-order valence-electron chi connectivity index (χ3n) is 4.90. The molecule has 4 aromatic rings. The smallest absolute Gasteiger partial charge is 0.0178 e. The zero-order valence-electron chi connectivity index (χ0n) is 16.9. The minimum atomic E-state index is 1.18. The van der Waals surface area contributed by atoms with Crippen molar-refractivity contribution < 1.29 is 0 Å². The second-order valence-electron chi connectivity index (χ2n) is 7.09. The molecule has 144 valence electrons. The van der Waals surface area contributed by atoms with E-state index in [4.69, 9.17) is 0 Å². The van der Waals surface area contributed by atoms with Crippen LogP contribution in [0.2, 0.25) is 0 Å². The molecule has 0 aliphatic rings.